The highest BCUT2D eigenvalue weighted by atomic mass is 32.2. The quantitative estimate of drug-likeness (QED) is 0.263. The molecule has 0 aliphatic carbocycles. The van der Waals surface area contributed by atoms with Gasteiger partial charge in [-0.05, 0) is 55.7 Å². The fourth-order valence-corrected chi connectivity index (χ4v) is 6.40. The van der Waals surface area contributed by atoms with Crippen LogP contribution in [0.2, 0.25) is 0 Å². The van der Waals surface area contributed by atoms with E-state index in [4.69, 9.17) is 0 Å². The first-order valence-electron chi connectivity index (χ1n) is 13.9. The molecule has 0 bridgehead atoms. The normalized spacial score (nSPS) is 11.9. The van der Waals surface area contributed by atoms with E-state index in [-0.39, 0.29) is 23.8 Å². The molecular weight excluding hydrogens is 546 g/mol. The molecule has 4 aromatic carbocycles. The Bertz CT molecular complexity index is 1640. The van der Waals surface area contributed by atoms with Crippen LogP contribution in [0.4, 0.5) is 5.69 Å². The summed E-state index contributed by atoms with van der Waals surface area (Å²) in [7, 11) is -2.59. The summed E-state index contributed by atoms with van der Waals surface area (Å²) in [5.74, 6) is -0.816. The molecule has 0 aliphatic heterocycles. The molecule has 0 heterocycles. The van der Waals surface area contributed by atoms with Gasteiger partial charge in [-0.1, -0.05) is 96.1 Å². The van der Waals surface area contributed by atoms with Crippen LogP contribution in [0.25, 0.3) is 0 Å². The average Bonchev–Trinajstić information content (AvgIpc) is 2.98. The number of nitrogens with one attached hydrogen (secondary N) is 1. The second-order valence-electron chi connectivity index (χ2n) is 10.4. The summed E-state index contributed by atoms with van der Waals surface area (Å²) >= 11 is 0. The molecular formula is C34H37N3O4S. The number of anilines is 1. The zero-order valence-electron chi connectivity index (χ0n) is 24.4. The number of aryl methyl sites for hydroxylation is 3. The molecule has 4 rings (SSSR count). The van der Waals surface area contributed by atoms with Gasteiger partial charge in [-0.15, -0.1) is 0 Å². The summed E-state index contributed by atoms with van der Waals surface area (Å²) < 4.78 is 29.3. The van der Waals surface area contributed by atoms with Gasteiger partial charge in [-0.25, -0.2) is 8.42 Å². The average molecular weight is 584 g/mol. The first-order chi connectivity index (χ1) is 20.1. The SMILES string of the molecule is CNC(=O)[C@H](Cc1ccccc1)N(Cc1cccc(C)c1)C(=O)CN(c1ccccc1C)S(=O)(=O)c1ccc(C)cc1. The lowest BCUT2D eigenvalue weighted by Crippen LogP contribution is -2.53. The first kappa shape index (κ1) is 30.5. The standard InChI is InChI=1S/C34H37N3O4S/c1-25-17-19-30(20-18-25)42(40,41)37(31-16-9-8-12-27(31)3)24-33(38)36(23-29-15-10-11-26(2)21-29)32(34(39)35-4)22-28-13-6-5-7-14-28/h5-21,32H,22-24H2,1-4H3,(H,35,39)/t32-/m0/s1. The van der Waals surface area contributed by atoms with Crippen LogP contribution in [-0.4, -0.2) is 44.8 Å². The predicted molar refractivity (Wildman–Crippen MR) is 167 cm³/mol. The van der Waals surface area contributed by atoms with Gasteiger partial charge in [-0.3, -0.25) is 13.9 Å². The van der Waals surface area contributed by atoms with Crippen molar-refractivity contribution >= 4 is 27.5 Å². The molecule has 218 valence electrons. The number of nitrogens with zero attached hydrogens (tertiary/aromatic N) is 2. The molecule has 2 amide bonds. The van der Waals surface area contributed by atoms with E-state index in [0.29, 0.717) is 11.3 Å². The lowest BCUT2D eigenvalue weighted by Gasteiger charge is -2.34. The summed E-state index contributed by atoms with van der Waals surface area (Å²) in [6, 6.07) is 30.0. The topological polar surface area (TPSA) is 86.8 Å². The van der Waals surface area contributed by atoms with E-state index in [1.165, 1.54) is 11.9 Å². The minimum absolute atomic E-state index is 0.0847. The number of sulfonamides is 1. The molecule has 4 aromatic rings. The number of para-hydroxylation sites is 1. The van der Waals surface area contributed by atoms with E-state index in [1.54, 1.807) is 36.4 Å². The van der Waals surface area contributed by atoms with Crippen LogP contribution < -0.4 is 9.62 Å². The number of amides is 2. The Hall–Kier alpha value is -4.43. The van der Waals surface area contributed by atoms with E-state index in [1.807, 2.05) is 87.5 Å². The van der Waals surface area contributed by atoms with Gasteiger partial charge in [0, 0.05) is 20.0 Å². The number of carbonyl (C=O) groups excluding carboxylic acids is 2. The fraction of sp³-hybridized carbons (Fsp3) is 0.235. The molecule has 0 spiro atoms. The number of hydrogen-bond donors (Lipinski definition) is 1. The highest BCUT2D eigenvalue weighted by Crippen LogP contribution is 2.28. The Balaban J connectivity index is 1.80. The van der Waals surface area contributed by atoms with Crippen molar-refractivity contribution in [3.8, 4) is 0 Å². The third-order valence-corrected chi connectivity index (χ3v) is 9.00. The van der Waals surface area contributed by atoms with Gasteiger partial charge >= 0.3 is 0 Å². The van der Waals surface area contributed by atoms with Crippen LogP contribution in [0, 0.1) is 20.8 Å². The second-order valence-corrected chi connectivity index (χ2v) is 12.3. The maximum Gasteiger partial charge on any atom is 0.264 e. The molecule has 7 nitrogen and oxygen atoms in total. The molecule has 0 radical (unpaired) electrons. The lowest BCUT2D eigenvalue weighted by atomic mass is 10.0. The largest absolute Gasteiger partial charge is 0.357 e. The first-order valence-corrected chi connectivity index (χ1v) is 15.3. The highest BCUT2D eigenvalue weighted by molar-refractivity contribution is 7.92. The number of rotatable bonds is 11. The van der Waals surface area contributed by atoms with Gasteiger partial charge in [0.1, 0.15) is 12.6 Å². The molecule has 0 saturated carbocycles. The molecule has 0 aliphatic rings. The molecule has 8 heteroatoms. The van der Waals surface area contributed by atoms with Crippen LogP contribution in [0.15, 0.2) is 108 Å². The maximum absolute atomic E-state index is 14.4. The fourth-order valence-electron chi connectivity index (χ4n) is 4.92. The van der Waals surface area contributed by atoms with E-state index < -0.39 is 28.5 Å². The Morgan fingerprint density at radius 2 is 1.40 bits per heavy atom. The zero-order chi connectivity index (χ0) is 30.3. The van der Waals surface area contributed by atoms with Crippen molar-refractivity contribution in [2.75, 3.05) is 17.9 Å². The van der Waals surface area contributed by atoms with Crippen molar-refractivity contribution in [3.63, 3.8) is 0 Å². The van der Waals surface area contributed by atoms with Crippen molar-refractivity contribution in [2.24, 2.45) is 0 Å². The summed E-state index contributed by atoms with van der Waals surface area (Å²) in [5.41, 5.74) is 4.78. The van der Waals surface area contributed by atoms with E-state index >= 15 is 0 Å². The van der Waals surface area contributed by atoms with Crippen molar-refractivity contribution in [2.45, 2.75) is 44.7 Å². The summed E-state index contributed by atoms with van der Waals surface area (Å²) in [6.07, 6.45) is 0.271. The van der Waals surface area contributed by atoms with Crippen LogP contribution in [-0.2, 0) is 32.6 Å². The number of likely N-dealkylation sites (N-methyl/N-ethyl adjacent to an activating group) is 1. The van der Waals surface area contributed by atoms with Gasteiger partial charge in [0.05, 0.1) is 10.6 Å². The van der Waals surface area contributed by atoms with Gasteiger partial charge in [0.25, 0.3) is 10.0 Å². The minimum Gasteiger partial charge on any atom is -0.357 e. The van der Waals surface area contributed by atoms with E-state index in [0.717, 1.165) is 26.6 Å². The number of benzene rings is 4. The number of carbonyl (C=O) groups is 2. The van der Waals surface area contributed by atoms with Crippen LogP contribution >= 0.6 is 0 Å². The van der Waals surface area contributed by atoms with Crippen LogP contribution in [0.3, 0.4) is 0 Å². The zero-order valence-corrected chi connectivity index (χ0v) is 25.3. The highest BCUT2D eigenvalue weighted by Gasteiger charge is 2.34. The van der Waals surface area contributed by atoms with Gasteiger partial charge in [0.2, 0.25) is 11.8 Å². The molecule has 42 heavy (non-hydrogen) atoms. The molecule has 0 fully saturated rings. The molecule has 1 N–H and O–H groups in total. The lowest BCUT2D eigenvalue weighted by molar-refractivity contribution is -0.139. The van der Waals surface area contributed by atoms with E-state index in [2.05, 4.69) is 5.32 Å². The monoisotopic (exact) mass is 583 g/mol. The van der Waals surface area contributed by atoms with Crippen LogP contribution in [0.5, 0.6) is 0 Å². The third kappa shape index (κ3) is 7.25. The summed E-state index contributed by atoms with van der Waals surface area (Å²) in [5, 5.41) is 2.71. The van der Waals surface area contributed by atoms with E-state index in [9.17, 15) is 18.0 Å². The van der Waals surface area contributed by atoms with Crippen molar-refractivity contribution < 1.29 is 18.0 Å². The van der Waals surface area contributed by atoms with Gasteiger partial charge < -0.3 is 10.2 Å². The maximum atomic E-state index is 14.4. The van der Waals surface area contributed by atoms with Gasteiger partial charge in [0.15, 0.2) is 0 Å². The molecule has 1 atom stereocenters. The Morgan fingerprint density at radius 1 is 0.762 bits per heavy atom. The summed E-state index contributed by atoms with van der Waals surface area (Å²) in [6.45, 7) is 5.31. The van der Waals surface area contributed by atoms with Gasteiger partial charge in [-0.2, -0.15) is 0 Å². The Kier molecular flexibility index (Phi) is 9.80. The van der Waals surface area contributed by atoms with Crippen molar-refractivity contribution in [1.29, 1.82) is 0 Å². The molecule has 0 aromatic heterocycles. The molecule has 0 unspecified atom stereocenters. The van der Waals surface area contributed by atoms with Crippen molar-refractivity contribution in [1.82, 2.24) is 10.2 Å². The predicted octanol–water partition coefficient (Wildman–Crippen LogP) is 5.19. The minimum atomic E-state index is -4.13. The molecule has 0 saturated heterocycles. The Morgan fingerprint density at radius 3 is 2.05 bits per heavy atom. The summed E-state index contributed by atoms with van der Waals surface area (Å²) in [4.78, 5) is 29.3. The Labute approximate surface area is 248 Å². The van der Waals surface area contributed by atoms with Crippen LogP contribution in [0.1, 0.15) is 27.8 Å². The smallest absolute Gasteiger partial charge is 0.264 e. The second kappa shape index (κ2) is 13.5. The van der Waals surface area contributed by atoms with Crippen molar-refractivity contribution in [3.05, 3.63) is 131 Å². The third-order valence-electron chi connectivity index (χ3n) is 7.22. The number of hydrogen-bond acceptors (Lipinski definition) is 4.